The van der Waals surface area contributed by atoms with Gasteiger partial charge in [0.2, 0.25) is 0 Å². The van der Waals surface area contributed by atoms with Gasteiger partial charge in [-0.1, -0.05) is 11.6 Å². The number of aliphatic hydroxyl groups is 2. The number of hydrogen-bond donors (Lipinski definition) is 2. The summed E-state index contributed by atoms with van der Waals surface area (Å²) in [5.41, 5.74) is 2.02. The number of nitrogens with zero attached hydrogens (tertiary/aromatic N) is 1. The Labute approximate surface area is 213 Å². The Morgan fingerprint density at radius 3 is 2.00 bits per heavy atom. The number of benzene rings is 4. The van der Waals surface area contributed by atoms with Gasteiger partial charge in [0.25, 0.3) is 0 Å². The molecule has 0 spiro atoms. The molecular formula is C27H20ClF2NO4S. The summed E-state index contributed by atoms with van der Waals surface area (Å²) in [6.45, 7) is 0. The van der Waals surface area contributed by atoms with Crippen LogP contribution < -0.4 is 4.90 Å². The molecule has 0 aliphatic heterocycles. The molecule has 4 rings (SSSR count). The Kier molecular flexibility index (Phi) is 7.61. The average Bonchev–Trinajstić information content (AvgIpc) is 2.89. The summed E-state index contributed by atoms with van der Waals surface area (Å²) >= 11 is 5.95. The first-order valence-corrected chi connectivity index (χ1v) is 12.2. The number of rotatable bonds is 7. The van der Waals surface area contributed by atoms with Crippen molar-refractivity contribution in [3.05, 3.63) is 118 Å². The van der Waals surface area contributed by atoms with Crippen molar-refractivity contribution in [2.24, 2.45) is 0 Å². The lowest BCUT2D eigenvalue weighted by atomic mass is 10.0. The maximum Gasteiger partial charge on any atom is 0.193 e. The Morgan fingerprint density at radius 2 is 1.42 bits per heavy atom. The first-order chi connectivity index (χ1) is 17.1. The van der Waals surface area contributed by atoms with Crippen LogP contribution >= 0.6 is 11.6 Å². The third kappa shape index (κ3) is 5.52. The molecular weight excluding hydrogens is 508 g/mol. The van der Waals surface area contributed by atoms with Crippen LogP contribution in [0.25, 0.3) is 0 Å². The second-order valence-corrected chi connectivity index (χ2v) is 9.84. The fraction of sp³-hybridized carbons (Fsp3) is 0.0741. The van der Waals surface area contributed by atoms with Crippen LogP contribution in [0.2, 0.25) is 5.02 Å². The Balaban J connectivity index is 1.64. The maximum absolute atomic E-state index is 13.7. The third-order valence-corrected chi connectivity index (χ3v) is 7.14. The van der Waals surface area contributed by atoms with Crippen LogP contribution in [0.4, 0.5) is 20.2 Å². The molecule has 0 bridgehead atoms. The number of aliphatic hydroxyl groups excluding tert-OH is 1. The third-order valence-electron chi connectivity index (χ3n) is 5.54. The van der Waals surface area contributed by atoms with E-state index in [1.807, 2.05) is 24.1 Å². The number of ketones is 1. The molecule has 0 fully saturated rings. The van der Waals surface area contributed by atoms with E-state index >= 15 is 0 Å². The minimum atomic E-state index is -2.01. The minimum absolute atomic E-state index is 0.0357. The highest BCUT2D eigenvalue weighted by atomic mass is 35.5. The van der Waals surface area contributed by atoms with Gasteiger partial charge in [-0.15, -0.1) is 0 Å². The van der Waals surface area contributed by atoms with Gasteiger partial charge in [-0.3, -0.25) is 4.79 Å². The number of carbonyl (C=O) groups is 1. The lowest BCUT2D eigenvalue weighted by Gasteiger charge is -2.20. The van der Waals surface area contributed by atoms with Crippen molar-refractivity contribution in [2.75, 3.05) is 11.9 Å². The Hall–Kier alpha value is -3.43. The van der Waals surface area contributed by atoms with Gasteiger partial charge in [-0.2, -0.15) is 0 Å². The van der Waals surface area contributed by atoms with Crippen molar-refractivity contribution in [3.63, 3.8) is 0 Å². The number of halogens is 3. The van der Waals surface area contributed by atoms with Crippen molar-refractivity contribution < 1.29 is 28.0 Å². The van der Waals surface area contributed by atoms with Gasteiger partial charge in [-0.05, 0) is 84.9 Å². The van der Waals surface area contributed by atoms with Crippen LogP contribution in [0.15, 0.2) is 94.7 Å². The van der Waals surface area contributed by atoms with Gasteiger partial charge in [-0.25, -0.2) is 13.0 Å². The molecule has 2 N–H and O–H groups in total. The Morgan fingerprint density at radius 1 is 0.806 bits per heavy atom. The van der Waals surface area contributed by atoms with E-state index < -0.39 is 34.5 Å². The van der Waals surface area contributed by atoms with Crippen LogP contribution in [0.3, 0.4) is 0 Å². The summed E-state index contributed by atoms with van der Waals surface area (Å²) in [5.74, 6) is -2.70. The van der Waals surface area contributed by atoms with E-state index in [-0.39, 0.29) is 20.9 Å². The highest BCUT2D eigenvalue weighted by molar-refractivity contribution is 7.85. The van der Waals surface area contributed by atoms with Crippen LogP contribution in [-0.2, 0) is 10.8 Å². The van der Waals surface area contributed by atoms with Gasteiger partial charge >= 0.3 is 0 Å². The first kappa shape index (κ1) is 25.7. The lowest BCUT2D eigenvalue weighted by Crippen LogP contribution is -2.10. The number of anilines is 2. The second kappa shape index (κ2) is 10.7. The van der Waals surface area contributed by atoms with E-state index in [0.717, 1.165) is 29.6 Å². The topological polar surface area (TPSA) is 77.8 Å². The maximum atomic E-state index is 13.7. The smallest absolute Gasteiger partial charge is 0.193 e. The predicted molar refractivity (Wildman–Crippen MR) is 134 cm³/mol. The van der Waals surface area contributed by atoms with Crippen LogP contribution in [0.1, 0.15) is 27.8 Å². The van der Waals surface area contributed by atoms with Crippen LogP contribution in [0.5, 0.6) is 0 Å². The molecule has 5 nitrogen and oxygen atoms in total. The molecule has 4 aromatic rings. The van der Waals surface area contributed by atoms with E-state index in [1.165, 1.54) is 18.2 Å². The summed E-state index contributed by atoms with van der Waals surface area (Å²) in [4.78, 5) is 15.1. The predicted octanol–water partition coefficient (Wildman–Crippen LogP) is 5.77. The van der Waals surface area contributed by atoms with Gasteiger partial charge < -0.3 is 15.1 Å². The molecule has 0 amide bonds. The zero-order valence-electron chi connectivity index (χ0n) is 18.9. The number of hydrogen-bond acceptors (Lipinski definition) is 5. The number of carbonyl (C=O) groups excluding carboxylic acids is 1. The molecule has 0 aliphatic rings. The molecule has 184 valence electrons. The highest BCUT2D eigenvalue weighted by Gasteiger charge is 2.18. The summed E-state index contributed by atoms with van der Waals surface area (Å²) in [6.07, 6.45) is -1.94. The monoisotopic (exact) mass is 527 g/mol. The normalized spacial score (nSPS) is 12.0. The van der Waals surface area contributed by atoms with Crippen molar-refractivity contribution in [3.8, 4) is 0 Å². The molecule has 0 aromatic heterocycles. The zero-order valence-corrected chi connectivity index (χ0v) is 20.4. The molecule has 0 radical (unpaired) electrons. The molecule has 0 aliphatic carbocycles. The van der Waals surface area contributed by atoms with Gasteiger partial charge in [0, 0.05) is 49.9 Å². The van der Waals surface area contributed by atoms with Crippen molar-refractivity contribution in [2.45, 2.75) is 16.1 Å². The molecule has 36 heavy (non-hydrogen) atoms. The SMILES string of the molecule is CN(c1ccc(Cl)cc1)c1ccc(C(=O)c2cc(C(O)O)cc(S(=O)c3ccc(F)c(F)c3)c2)cc1. The molecule has 0 saturated heterocycles. The van der Waals surface area contributed by atoms with Crippen molar-refractivity contribution in [1.82, 2.24) is 0 Å². The van der Waals surface area contributed by atoms with Gasteiger partial charge in [0.15, 0.2) is 23.7 Å². The zero-order chi connectivity index (χ0) is 26.0. The summed E-state index contributed by atoms with van der Waals surface area (Å²) in [7, 11) is -0.138. The second-order valence-electron chi connectivity index (χ2n) is 7.92. The van der Waals surface area contributed by atoms with Crippen molar-refractivity contribution >= 4 is 39.6 Å². The average molecular weight is 528 g/mol. The van der Waals surface area contributed by atoms with Crippen LogP contribution in [0, 0.1) is 11.6 Å². The first-order valence-electron chi connectivity index (χ1n) is 10.7. The van der Waals surface area contributed by atoms with E-state index in [2.05, 4.69) is 0 Å². The molecule has 0 saturated carbocycles. The fourth-order valence-electron chi connectivity index (χ4n) is 3.55. The standard InChI is InChI=1S/C27H20ClF2NO4S/c1-31(21-8-4-19(28)5-9-21)20-6-2-16(3-7-20)26(32)17-12-18(27(33)34)14-23(13-17)36(35)22-10-11-24(29)25(30)15-22/h2-15,27,33-34H,1H3. The largest absolute Gasteiger partial charge is 0.364 e. The van der Waals surface area contributed by atoms with E-state index in [4.69, 9.17) is 11.6 Å². The quantitative estimate of drug-likeness (QED) is 0.236. The van der Waals surface area contributed by atoms with E-state index in [9.17, 15) is 28.0 Å². The molecule has 9 heteroatoms. The van der Waals surface area contributed by atoms with Crippen molar-refractivity contribution in [1.29, 1.82) is 0 Å². The van der Waals surface area contributed by atoms with E-state index in [1.54, 1.807) is 36.4 Å². The molecule has 1 atom stereocenters. The highest BCUT2D eigenvalue weighted by Crippen LogP contribution is 2.28. The molecule has 0 heterocycles. The summed E-state index contributed by atoms with van der Waals surface area (Å²) < 4.78 is 39.9. The molecule has 4 aromatic carbocycles. The molecule has 1 unspecified atom stereocenters. The Bertz CT molecular complexity index is 1440. The minimum Gasteiger partial charge on any atom is -0.364 e. The van der Waals surface area contributed by atoms with Crippen LogP contribution in [-0.4, -0.2) is 27.3 Å². The lowest BCUT2D eigenvalue weighted by molar-refractivity contribution is -0.0426. The van der Waals surface area contributed by atoms with Gasteiger partial charge in [0.1, 0.15) is 0 Å². The summed E-state index contributed by atoms with van der Waals surface area (Å²) in [6, 6.07) is 20.7. The van der Waals surface area contributed by atoms with Gasteiger partial charge in [0.05, 0.1) is 10.8 Å². The fourth-order valence-corrected chi connectivity index (χ4v) is 4.83. The van der Waals surface area contributed by atoms with E-state index in [0.29, 0.717) is 10.6 Å². The summed E-state index contributed by atoms with van der Waals surface area (Å²) in [5, 5.41) is 20.0.